The van der Waals surface area contributed by atoms with Crippen molar-refractivity contribution in [3.05, 3.63) is 29.6 Å². The van der Waals surface area contributed by atoms with Crippen molar-refractivity contribution in [2.75, 3.05) is 6.61 Å². The van der Waals surface area contributed by atoms with Crippen molar-refractivity contribution in [2.45, 2.75) is 25.9 Å². The van der Waals surface area contributed by atoms with Gasteiger partial charge in [-0.2, -0.15) is 13.2 Å². The first-order valence-electron chi connectivity index (χ1n) is 6.18. The van der Waals surface area contributed by atoms with E-state index in [0.29, 0.717) is 12.0 Å². The molecule has 1 aromatic rings. The monoisotopic (exact) mass is 319 g/mol. The van der Waals surface area contributed by atoms with Crippen LogP contribution in [0.4, 0.5) is 13.2 Å². The maximum Gasteiger partial charge on any atom is 0.491 e. The van der Waals surface area contributed by atoms with Crippen LogP contribution in [0.15, 0.2) is 18.3 Å². The average molecular weight is 319 g/mol. The predicted octanol–water partition coefficient (Wildman–Crippen LogP) is 1.82. The third-order valence-corrected chi connectivity index (χ3v) is 2.37. The molecule has 0 aliphatic rings. The van der Waals surface area contributed by atoms with Crippen LogP contribution in [0.1, 0.15) is 29.4 Å². The van der Waals surface area contributed by atoms with Crippen LogP contribution in [0.2, 0.25) is 0 Å². The van der Waals surface area contributed by atoms with E-state index in [2.05, 4.69) is 9.72 Å². The van der Waals surface area contributed by atoms with Gasteiger partial charge in [-0.15, -0.1) is 0 Å². The summed E-state index contributed by atoms with van der Waals surface area (Å²) < 4.78 is 44.2. The number of pyridine rings is 1. The summed E-state index contributed by atoms with van der Waals surface area (Å²) in [7, 11) is 0. The van der Waals surface area contributed by atoms with Crippen LogP contribution in [-0.4, -0.2) is 35.7 Å². The standard InChI is InChI=1S/C13H12F3NO5/c1-2-21-10(18)6-4-8-3-5-9(17-7-8)11(19)22-12(20)13(14,15)16/h3,5,7H,2,4,6H2,1H3. The second-order valence-electron chi connectivity index (χ2n) is 4.03. The Morgan fingerprint density at radius 3 is 2.41 bits per heavy atom. The molecule has 120 valence electrons. The van der Waals surface area contributed by atoms with Gasteiger partial charge in [0.05, 0.1) is 6.61 Å². The largest absolute Gasteiger partial charge is 0.491 e. The molecule has 0 radical (unpaired) electrons. The molecule has 22 heavy (non-hydrogen) atoms. The Hall–Kier alpha value is -2.45. The van der Waals surface area contributed by atoms with Crippen molar-refractivity contribution in [3.8, 4) is 0 Å². The molecule has 0 bridgehead atoms. The van der Waals surface area contributed by atoms with Gasteiger partial charge < -0.3 is 9.47 Å². The molecule has 1 rings (SSSR count). The Balaban J connectivity index is 2.59. The maximum atomic E-state index is 11.9. The predicted molar refractivity (Wildman–Crippen MR) is 65.7 cm³/mol. The highest BCUT2D eigenvalue weighted by molar-refractivity contribution is 5.96. The molecule has 1 aromatic heterocycles. The number of nitrogens with zero attached hydrogens (tertiary/aromatic N) is 1. The van der Waals surface area contributed by atoms with Crippen LogP contribution in [0.3, 0.4) is 0 Å². The molecule has 0 spiro atoms. The summed E-state index contributed by atoms with van der Waals surface area (Å²) in [4.78, 5) is 36.5. The number of ether oxygens (including phenoxy) is 2. The van der Waals surface area contributed by atoms with Crippen molar-refractivity contribution in [1.82, 2.24) is 4.98 Å². The summed E-state index contributed by atoms with van der Waals surface area (Å²) >= 11 is 0. The summed E-state index contributed by atoms with van der Waals surface area (Å²) in [5.41, 5.74) is 0.129. The number of hydrogen-bond donors (Lipinski definition) is 0. The van der Waals surface area contributed by atoms with Gasteiger partial charge in [0.2, 0.25) is 0 Å². The zero-order chi connectivity index (χ0) is 16.8. The lowest BCUT2D eigenvalue weighted by Crippen LogP contribution is -2.28. The first-order valence-corrected chi connectivity index (χ1v) is 6.18. The summed E-state index contributed by atoms with van der Waals surface area (Å²) in [5, 5.41) is 0. The summed E-state index contributed by atoms with van der Waals surface area (Å²) in [6, 6.07) is 2.49. The topological polar surface area (TPSA) is 82.6 Å². The van der Waals surface area contributed by atoms with E-state index < -0.39 is 29.8 Å². The molecule has 0 amide bonds. The Labute approximate surface area is 123 Å². The quantitative estimate of drug-likeness (QED) is 0.608. The molecule has 0 unspecified atom stereocenters. The lowest BCUT2D eigenvalue weighted by Gasteiger charge is -2.06. The molecule has 0 N–H and O–H groups in total. The minimum atomic E-state index is -5.25. The van der Waals surface area contributed by atoms with Gasteiger partial charge in [-0.1, -0.05) is 6.07 Å². The van der Waals surface area contributed by atoms with Gasteiger partial charge >= 0.3 is 24.1 Å². The molecule has 6 nitrogen and oxygen atoms in total. The third-order valence-electron chi connectivity index (χ3n) is 2.37. The van der Waals surface area contributed by atoms with E-state index in [0.717, 1.165) is 6.07 Å². The lowest BCUT2D eigenvalue weighted by atomic mass is 10.1. The van der Waals surface area contributed by atoms with E-state index in [1.165, 1.54) is 12.3 Å². The zero-order valence-corrected chi connectivity index (χ0v) is 11.5. The van der Waals surface area contributed by atoms with Crippen molar-refractivity contribution < 1.29 is 37.0 Å². The van der Waals surface area contributed by atoms with Gasteiger partial charge in [-0.05, 0) is 25.0 Å². The fourth-order valence-corrected chi connectivity index (χ4v) is 1.37. The molecular weight excluding hydrogens is 307 g/mol. The van der Waals surface area contributed by atoms with E-state index in [1.807, 2.05) is 0 Å². The summed E-state index contributed by atoms with van der Waals surface area (Å²) in [6.45, 7) is 1.93. The molecule has 0 saturated carbocycles. The Morgan fingerprint density at radius 1 is 1.23 bits per heavy atom. The molecule has 9 heteroatoms. The molecule has 0 aromatic carbocycles. The fourth-order valence-electron chi connectivity index (χ4n) is 1.37. The van der Waals surface area contributed by atoms with Gasteiger partial charge in [0.1, 0.15) is 5.69 Å². The average Bonchev–Trinajstić information content (AvgIpc) is 2.45. The molecular formula is C13H12F3NO5. The maximum absolute atomic E-state index is 11.9. The van der Waals surface area contributed by atoms with Crippen molar-refractivity contribution in [3.63, 3.8) is 0 Å². The Bertz CT molecular complexity index is 554. The van der Waals surface area contributed by atoms with E-state index in [4.69, 9.17) is 4.74 Å². The number of rotatable bonds is 5. The third kappa shape index (κ3) is 5.51. The number of esters is 3. The lowest BCUT2D eigenvalue weighted by molar-refractivity contribution is -0.193. The van der Waals surface area contributed by atoms with Crippen LogP contribution in [0.5, 0.6) is 0 Å². The van der Waals surface area contributed by atoms with E-state index in [9.17, 15) is 27.6 Å². The normalized spacial score (nSPS) is 10.9. The van der Waals surface area contributed by atoms with Gasteiger partial charge in [-0.25, -0.2) is 14.6 Å². The number of hydrogen-bond acceptors (Lipinski definition) is 6. The van der Waals surface area contributed by atoms with Gasteiger partial charge in [0.25, 0.3) is 0 Å². The second-order valence-corrected chi connectivity index (χ2v) is 4.03. The van der Waals surface area contributed by atoms with Crippen molar-refractivity contribution in [2.24, 2.45) is 0 Å². The first-order chi connectivity index (χ1) is 10.2. The highest BCUT2D eigenvalue weighted by Gasteiger charge is 2.42. The smallest absolute Gasteiger partial charge is 0.466 e. The molecule has 0 aliphatic heterocycles. The SMILES string of the molecule is CCOC(=O)CCc1ccc(C(=O)OC(=O)C(F)(F)F)nc1. The zero-order valence-electron chi connectivity index (χ0n) is 11.5. The van der Waals surface area contributed by atoms with Crippen LogP contribution in [0, 0.1) is 0 Å². The van der Waals surface area contributed by atoms with Crippen LogP contribution >= 0.6 is 0 Å². The minimum Gasteiger partial charge on any atom is -0.466 e. The number of alkyl halides is 3. The molecule has 0 fully saturated rings. The van der Waals surface area contributed by atoms with E-state index >= 15 is 0 Å². The van der Waals surface area contributed by atoms with Gasteiger partial charge in [0.15, 0.2) is 0 Å². The van der Waals surface area contributed by atoms with E-state index in [-0.39, 0.29) is 13.0 Å². The highest BCUT2D eigenvalue weighted by atomic mass is 19.4. The van der Waals surface area contributed by atoms with Crippen molar-refractivity contribution in [1.29, 1.82) is 0 Å². The number of carbonyl (C=O) groups excluding carboxylic acids is 3. The van der Waals surface area contributed by atoms with Crippen LogP contribution in [0.25, 0.3) is 0 Å². The van der Waals surface area contributed by atoms with Crippen LogP contribution in [-0.2, 0) is 25.5 Å². The number of aromatic nitrogens is 1. The number of halogens is 3. The molecule has 0 aliphatic carbocycles. The van der Waals surface area contributed by atoms with Gasteiger partial charge in [0, 0.05) is 12.6 Å². The minimum absolute atomic E-state index is 0.103. The summed E-state index contributed by atoms with van der Waals surface area (Å²) in [5.74, 6) is -4.51. The molecule has 0 atom stereocenters. The Kier molecular flexibility index (Phi) is 6.02. The first kappa shape index (κ1) is 17.6. The second kappa shape index (κ2) is 7.53. The number of aryl methyl sites for hydroxylation is 1. The van der Waals surface area contributed by atoms with Crippen LogP contribution < -0.4 is 0 Å². The molecule has 1 heterocycles. The van der Waals surface area contributed by atoms with Crippen molar-refractivity contribution >= 4 is 17.9 Å². The van der Waals surface area contributed by atoms with Gasteiger partial charge in [-0.3, -0.25) is 4.79 Å². The Morgan fingerprint density at radius 2 is 1.91 bits per heavy atom. The fraction of sp³-hybridized carbons (Fsp3) is 0.385. The highest BCUT2D eigenvalue weighted by Crippen LogP contribution is 2.17. The number of carbonyl (C=O) groups is 3. The summed E-state index contributed by atoms with van der Waals surface area (Å²) in [6.07, 6.45) is -3.66. The van der Waals surface area contributed by atoms with E-state index in [1.54, 1.807) is 6.92 Å². The molecule has 0 saturated heterocycles.